The van der Waals surface area contributed by atoms with Gasteiger partial charge in [-0.15, -0.1) is 5.10 Å². The van der Waals surface area contributed by atoms with Crippen LogP contribution in [0.4, 0.5) is 5.82 Å². The van der Waals surface area contributed by atoms with Gasteiger partial charge in [0.15, 0.2) is 5.82 Å². The van der Waals surface area contributed by atoms with E-state index in [0.717, 1.165) is 23.4 Å². The maximum Gasteiger partial charge on any atom is 0.156 e. The second-order valence-corrected chi connectivity index (χ2v) is 4.31. The van der Waals surface area contributed by atoms with Gasteiger partial charge in [0.2, 0.25) is 0 Å². The number of anilines is 1. The Bertz CT molecular complexity index is 494. The van der Waals surface area contributed by atoms with E-state index in [4.69, 9.17) is 0 Å². The third kappa shape index (κ3) is 2.73. The van der Waals surface area contributed by atoms with Gasteiger partial charge in [-0.2, -0.15) is 5.10 Å². The number of rotatable bonds is 5. The molecule has 0 aliphatic carbocycles. The maximum absolute atomic E-state index is 4.24. The molecule has 90 valence electrons. The molecule has 3 nitrogen and oxygen atoms in total. The number of aromatic nitrogens is 2. The first-order valence-electron chi connectivity index (χ1n) is 6.29. The summed E-state index contributed by atoms with van der Waals surface area (Å²) >= 11 is 0. The summed E-state index contributed by atoms with van der Waals surface area (Å²) in [6.45, 7) is 5.17. The molecule has 3 heteroatoms. The monoisotopic (exact) mass is 229 g/mol. The molecule has 0 aliphatic heterocycles. The van der Waals surface area contributed by atoms with Gasteiger partial charge in [-0.1, -0.05) is 44.0 Å². The van der Waals surface area contributed by atoms with Gasteiger partial charge in [-0.05, 0) is 13.3 Å². The van der Waals surface area contributed by atoms with Gasteiger partial charge in [0.25, 0.3) is 0 Å². The molecule has 0 amide bonds. The van der Waals surface area contributed by atoms with Gasteiger partial charge in [0.05, 0.1) is 5.69 Å². The first kappa shape index (κ1) is 11.8. The van der Waals surface area contributed by atoms with E-state index in [1.165, 1.54) is 24.6 Å². The number of benzene rings is 1. The molecule has 0 spiro atoms. The zero-order chi connectivity index (χ0) is 12.1. The van der Waals surface area contributed by atoms with Crippen molar-refractivity contribution in [2.24, 2.45) is 0 Å². The van der Waals surface area contributed by atoms with Crippen LogP contribution in [0.15, 0.2) is 24.3 Å². The normalized spacial score (nSPS) is 10.7. The molecule has 17 heavy (non-hydrogen) atoms. The number of fused-ring (bicyclic) bond motifs is 1. The molecule has 2 aromatic rings. The van der Waals surface area contributed by atoms with E-state index in [1.807, 2.05) is 19.1 Å². The van der Waals surface area contributed by atoms with Gasteiger partial charge in [0.1, 0.15) is 0 Å². The number of aryl methyl sites for hydroxylation is 1. The summed E-state index contributed by atoms with van der Waals surface area (Å²) in [4.78, 5) is 0. The molecule has 0 unspecified atom stereocenters. The zero-order valence-corrected chi connectivity index (χ0v) is 10.5. The van der Waals surface area contributed by atoms with Crippen LogP contribution < -0.4 is 5.32 Å². The van der Waals surface area contributed by atoms with E-state index in [0.29, 0.717) is 0 Å². The van der Waals surface area contributed by atoms with E-state index in [9.17, 15) is 0 Å². The van der Waals surface area contributed by atoms with Crippen molar-refractivity contribution in [3.05, 3.63) is 30.0 Å². The second-order valence-electron chi connectivity index (χ2n) is 4.31. The summed E-state index contributed by atoms with van der Waals surface area (Å²) in [5.41, 5.74) is 0.986. The lowest BCUT2D eigenvalue weighted by atomic mass is 10.1. The SMILES string of the molecule is CCCCCNc1nnc(C)c2ccccc12. The van der Waals surface area contributed by atoms with Crippen LogP contribution >= 0.6 is 0 Å². The molecule has 0 fully saturated rings. The van der Waals surface area contributed by atoms with Crippen LogP contribution in [0.1, 0.15) is 31.9 Å². The van der Waals surface area contributed by atoms with Crippen molar-refractivity contribution in [1.29, 1.82) is 0 Å². The Morgan fingerprint density at radius 2 is 1.82 bits per heavy atom. The molecule has 1 heterocycles. The molecule has 0 saturated carbocycles. The lowest BCUT2D eigenvalue weighted by Gasteiger charge is -2.08. The Kier molecular flexibility index (Phi) is 3.91. The Balaban J connectivity index is 2.20. The quantitative estimate of drug-likeness (QED) is 0.797. The first-order valence-corrected chi connectivity index (χ1v) is 6.29. The van der Waals surface area contributed by atoms with Gasteiger partial charge < -0.3 is 5.32 Å². The van der Waals surface area contributed by atoms with Crippen LogP contribution in [0.2, 0.25) is 0 Å². The van der Waals surface area contributed by atoms with Gasteiger partial charge in [-0.25, -0.2) is 0 Å². The fourth-order valence-corrected chi connectivity index (χ4v) is 1.95. The predicted molar refractivity (Wildman–Crippen MR) is 72.3 cm³/mol. The van der Waals surface area contributed by atoms with E-state index < -0.39 is 0 Å². The first-order chi connectivity index (χ1) is 8.33. The average Bonchev–Trinajstić information content (AvgIpc) is 2.37. The van der Waals surface area contributed by atoms with Crippen LogP contribution in [0.5, 0.6) is 0 Å². The fraction of sp³-hybridized carbons (Fsp3) is 0.429. The molecule has 0 bridgehead atoms. The lowest BCUT2D eigenvalue weighted by Crippen LogP contribution is -2.05. The Hall–Kier alpha value is -1.64. The fourth-order valence-electron chi connectivity index (χ4n) is 1.95. The van der Waals surface area contributed by atoms with E-state index in [-0.39, 0.29) is 0 Å². The Labute approximate surface area is 102 Å². The van der Waals surface area contributed by atoms with Gasteiger partial charge in [0, 0.05) is 17.3 Å². The molecule has 2 rings (SSSR count). The van der Waals surface area contributed by atoms with Crippen LogP contribution in [-0.2, 0) is 0 Å². The Morgan fingerprint density at radius 1 is 1.06 bits per heavy atom. The minimum atomic E-state index is 0.905. The number of nitrogens with zero attached hydrogens (tertiary/aromatic N) is 2. The van der Waals surface area contributed by atoms with Crippen molar-refractivity contribution in [2.45, 2.75) is 33.1 Å². The van der Waals surface area contributed by atoms with Crippen LogP contribution in [-0.4, -0.2) is 16.7 Å². The largest absolute Gasteiger partial charge is 0.368 e. The Morgan fingerprint density at radius 3 is 2.59 bits per heavy atom. The lowest BCUT2D eigenvalue weighted by molar-refractivity contribution is 0.741. The highest BCUT2D eigenvalue weighted by Crippen LogP contribution is 2.22. The van der Waals surface area contributed by atoms with E-state index in [2.05, 4.69) is 34.6 Å². The molecular weight excluding hydrogens is 210 g/mol. The van der Waals surface area contributed by atoms with Crippen molar-refractivity contribution in [3.63, 3.8) is 0 Å². The molecule has 1 aromatic carbocycles. The zero-order valence-electron chi connectivity index (χ0n) is 10.5. The second kappa shape index (κ2) is 5.62. The van der Waals surface area contributed by atoms with Gasteiger partial charge in [-0.3, -0.25) is 0 Å². The maximum atomic E-state index is 4.24. The summed E-state index contributed by atoms with van der Waals surface area (Å²) < 4.78 is 0. The molecule has 0 aliphatic rings. The van der Waals surface area contributed by atoms with E-state index >= 15 is 0 Å². The van der Waals surface area contributed by atoms with Crippen LogP contribution in [0.3, 0.4) is 0 Å². The van der Waals surface area contributed by atoms with Crippen molar-refractivity contribution in [1.82, 2.24) is 10.2 Å². The summed E-state index contributed by atoms with van der Waals surface area (Å²) in [6, 6.07) is 8.27. The van der Waals surface area contributed by atoms with Crippen LogP contribution in [0.25, 0.3) is 10.8 Å². The van der Waals surface area contributed by atoms with Crippen molar-refractivity contribution >= 4 is 16.6 Å². The minimum absolute atomic E-state index is 0.905. The topological polar surface area (TPSA) is 37.8 Å². The number of unbranched alkanes of at least 4 members (excludes halogenated alkanes) is 2. The summed E-state index contributed by atoms with van der Waals surface area (Å²) in [7, 11) is 0. The summed E-state index contributed by atoms with van der Waals surface area (Å²) in [6.07, 6.45) is 3.67. The molecule has 0 radical (unpaired) electrons. The highest BCUT2D eigenvalue weighted by Gasteiger charge is 2.04. The molecular formula is C14H19N3. The van der Waals surface area contributed by atoms with Gasteiger partial charge >= 0.3 is 0 Å². The summed E-state index contributed by atoms with van der Waals surface area (Å²) in [5, 5.41) is 14.2. The number of nitrogens with one attached hydrogen (secondary N) is 1. The minimum Gasteiger partial charge on any atom is -0.368 e. The van der Waals surface area contributed by atoms with Crippen molar-refractivity contribution in [2.75, 3.05) is 11.9 Å². The van der Waals surface area contributed by atoms with Crippen molar-refractivity contribution in [3.8, 4) is 0 Å². The number of hydrogen-bond acceptors (Lipinski definition) is 3. The van der Waals surface area contributed by atoms with Crippen molar-refractivity contribution < 1.29 is 0 Å². The molecule has 1 N–H and O–H groups in total. The van der Waals surface area contributed by atoms with E-state index in [1.54, 1.807) is 0 Å². The van der Waals surface area contributed by atoms with Crippen LogP contribution in [0, 0.1) is 6.92 Å². The summed E-state index contributed by atoms with van der Waals surface area (Å²) in [5.74, 6) is 0.905. The molecule has 0 atom stereocenters. The smallest absolute Gasteiger partial charge is 0.156 e. The number of hydrogen-bond donors (Lipinski definition) is 1. The molecule has 1 aromatic heterocycles. The molecule has 0 saturated heterocycles. The highest BCUT2D eigenvalue weighted by molar-refractivity contribution is 5.92. The third-order valence-corrected chi connectivity index (χ3v) is 2.94. The standard InChI is InChI=1S/C14H19N3/c1-3-4-7-10-15-14-13-9-6-5-8-12(13)11(2)16-17-14/h5-6,8-9H,3-4,7,10H2,1-2H3,(H,15,17). The third-order valence-electron chi connectivity index (χ3n) is 2.94. The predicted octanol–water partition coefficient (Wildman–Crippen LogP) is 3.54. The highest BCUT2D eigenvalue weighted by atomic mass is 15.2. The average molecular weight is 229 g/mol.